The summed E-state index contributed by atoms with van der Waals surface area (Å²) in [4.78, 5) is 0. The van der Waals surface area contributed by atoms with Crippen LogP contribution in [0.3, 0.4) is 0 Å². The molecule has 0 radical (unpaired) electrons. The molecule has 0 amide bonds. The molecule has 2 heteroatoms. The van der Waals surface area contributed by atoms with E-state index < -0.39 is 0 Å². The van der Waals surface area contributed by atoms with Crippen LogP contribution in [-0.2, 0) is 6.42 Å². The molecule has 0 fully saturated rings. The largest absolute Gasteiger partial charge is 0.321 e. The maximum Gasteiger partial charge on any atom is 0.0566 e. The van der Waals surface area contributed by atoms with Crippen LogP contribution in [0.2, 0.25) is 0 Å². The van der Waals surface area contributed by atoms with Gasteiger partial charge in [0.1, 0.15) is 0 Å². The Bertz CT molecular complexity index is 570. The van der Waals surface area contributed by atoms with Crippen molar-refractivity contribution in [3.8, 4) is 0 Å². The highest BCUT2D eigenvalue weighted by molar-refractivity contribution is 5.99. The van der Waals surface area contributed by atoms with Gasteiger partial charge in [-0.3, -0.25) is 0 Å². The number of hydrogen-bond acceptors (Lipinski definition) is 2. The summed E-state index contributed by atoms with van der Waals surface area (Å²) >= 11 is 0. The standard InChI is InChI=1S/C14H14N2/c1-15-16-13-9-8-11-5-2-4-10-6-3-7-12(13)14(10)11/h2-5,7-9,15-16H,6H2,1H3. The molecule has 0 atom stereocenters. The fraction of sp³-hybridized carbons (Fsp3) is 0.143. The number of hydrogen-bond donors (Lipinski definition) is 2. The fourth-order valence-electron chi connectivity index (χ4n) is 2.38. The molecule has 2 aromatic carbocycles. The molecule has 3 rings (SSSR count). The quantitative estimate of drug-likeness (QED) is 0.745. The monoisotopic (exact) mass is 210 g/mol. The molecule has 0 heterocycles. The van der Waals surface area contributed by atoms with Crippen molar-refractivity contribution in [2.75, 3.05) is 12.5 Å². The van der Waals surface area contributed by atoms with Gasteiger partial charge in [0, 0.05) is 12.6 Å². The van der Waals surface area contributed by atoms with E-state index >= 15 is 0 Å². The van der Waals surface area contributed by atoms with E-state index in [-0.39, 0.29) is 0 Å². The van der Waals surface area contributed by atoms with Gasteiger partial charge in [-0.15, -0.1) is 0 Å². The lowest BCUT2D eigenvalue weighted by Gasteiger charge is -2.17. The number of allylic oxidation sites excluding steroid dienone is 1. The summed E-state index contributed by atoms with van der Waals surface area (Å²) in [6, 6.07) is 10.8. The van der Waals surface area contributed by atoms with E-state index in [1.165, 1.54) is 21.9 Å². The molecule has 2 aromatic rings. The number of nitrogens with one attached hydrogen (secondary N) is 2. The lowest BCUT2D eigenvalue weighted by atomic mass is 9.92. The molecule has 0 aliphatic heterocycles. The maximum atomic E-state index is 3.18. The van der Waals surface area contributed by atoms with Crippen molar-refractivity contribution in [2.45, 2.75) is 6.42 Å². The van der Waals surface area contributed by atoms with Crippen LogP contribution in [0.15, 0.2) is 36.4 Å². The summed E-state index contributed by atoms with van der Waals surface area (Å²) in [5.74, 6) is 0. The highest BCUT2D eigenvalue weighted by Crippen LogP contribution is 2.33. The Labute approximate surface area is 94.9 Å². The van der Waals surface area contributed by atoms with Crippen LogP contribution in [0.1, 0.15) is 11.1 Å². The Morgan fingerprint density at radius 3 is 2.94 bits per heavy atom. The fourth-order valence-corrected chi connectivity index (χ4v) is 2.38. The van der Waals surface area contributed by atoms with Gasteiger partial charge < -0.3 is 5.43 Å². The zero-order chi connectivity index (χ0) is 11.0. The molecule has 80 valence electrons. The molecular weight excluding hydrogens is 196 g/mol. The van der Waals surface area contributed by atoms with Crippen LogP contribution < -0.4 is 10.9 Å². The minimum atomic E-state index is 1.04. The van der Waals surface area contributed by atoms with E-state index in [1.807, 2.05) is 7.05 Å². The number of benzene rings is 2. The van der Waals surface area contributed by atoms with E-state index in [0.29, 0.717) is 0 Å². The van der Waals surface area contributed by atoms with Crippen LogP contribution in [-0.4, -0.2) is 7.05 Å². The smallest absolute Gasteiger partial charge is 0.0566 e. The van der Waals surface area contributed by atoms with Gasteiger partial charge in [-0.1, -0.05) is 36.4 Å². The van der Waals surface area contributed by atoms with Gasteiger partial charge in [-0.25, -0.2) is 5.43 Å². The Hall–Kier alpha value is -1.80. The molecule has 2 N–H and O–H groups in total. The molecular formula is C14H14N2. The van der Waals surface area contributed by atoms with Gasteiger partial charge in [-0.2, -0.15) is 0 Å². The molecule has 0 saturated carbocycles. The Kier molecular flexibility index (Phi) is 2.15. The van der Waals surface area contributed by atoms with E-state index in [1.54, 1.807) is 0 Å². The molecule has 0 aromatic heterocycles. The van der Waals surface area contributed by atoms with Crippen molar-refractivity contribution in [3.05, 3.63) is 47.5 Å². The van der Waals surface area contributed by atoms with Crippen molar-refractivity contribution < 1.29 is 0 Å². The molecule has 1 aliphatic carbocycles. The first-order chi connectivity index (χ1) is 7.90. The van der Waals surface area contributed by atoms with Gasteiger partial charge in [0.15, 0.2) is 0 Å². The molecule has 0 spiro atoms. The first-order valence-corrected chi connectivity index (χ1v) is 5.54. The summed E-state index contributed by atoms with van der Waals surface area (Å²) in [6.07, 6.45) is 5.46. The van der Waals surface area contributed by atoms with Gasteiger partial charge in [-0.05, 0) is 28.8 Å². The van der Waals surface area contributed by atoms with Gasteiger partial charge in [0.05, 0.1) is 5.69 Å². The third-order valence-electron chi connectivity index (χ3n) is 3.05. The summed E-state index contributed by atoms with van der Waals surface area (Å²) in [6.45, 7) is 0. The zero-order valence-corrected chi connectivity index (χ0v) is 9.25. The number of rotatable bonds is 2. The Morgan fingerprint density at radius 2 is 2.06 bits per heavy atom. The van der Waals surface area contributed by atoms with Crippen molar-refractivity contribution in [2.24, 2.45) is 0 Å². The predicted octanol–water partition coefficient (Wildman–Crippen LogP) is 2.96. The van der Waals surface area contributed by atoms with Crippen LogP contribution in [0, 0.1) is 0 Å². The summed E-state index contributed by atoms with van der Waals surface area (Å²) in [5.41, 5.74) is 10.00. The third-order valence-corrected chi connectivity index (χ3v) is 3.05. The summed E-state index contributed by atoms with van der Waals surface area (Å²) in [7, 11) is 1.88. The minimum absolute atomic E-state index is 1.04. The van der Waals surface area contributed by atoms with Gasteiger partial charge in [0.25, 0.3) is 0 Å². The predicted molar refractivity (Wildman–Crippen MR) is 69.4 cm³/mol. The van der Waals surface area contributed by atoms with E-state index in [2.05, 4.69) is 53.3 Å². The van der Waals surface area contributed by atoms with Crippen LogP contribution in [0.4, 0.5) is 5.69 Å². The first kappa shape index (κ1) is 9.43. The minimum Gasteiger partial charge on any atom is -0.321 e. The second-order valence-electron chi connectivity index (χ2n) is 4.02. The van der Waals surface area contributed by atoms with Crippen LogP contribution in [0.5, 0.6) is 0 Å². The maximum absolute atomic E-state index is 3.18. The molecule has 0 bridgehead atoms. The van der Waals surface area contributed by atoms with Crippen LogP contribution >= 0.6 is 0 Å². The normalized spacial score (nSPS) is 13.1. The van der Waals surface area contributed by atoms with Crippen molar-refractivity contribution in [3.63, 3.8) is 0 Å². The lowest BCUT2D eigenvalue weighted by Crippen LogP contribution is -2.16. The topological polar surface area (TPSA) is 24.1 Å². The molecule has 16 heavy (non-hydrogen) atoms. The Balaban J connectivity index is 2.35. The first-order valence-electron chi connectivity index (χ1n) is 5.54. The van der Waals surface area contributed by atoms with E-state index in [4.69, 9.17) is 0 Å². The van der Waals surface area contributed by atoms with E-state index in [0.717, 1.165) is 12.1 Å². The zero-order valence-electron chi connectivity index (χ0n) is 9.25. The second-order valence-corrected chi connectivity index (χ2v) is 4.02. The summed E-state index contributed by atoms with van der Waals surface area (Å²) in [5, 5.41) is 2.70. The van der Waals surface area contributed by atoms with Crippen molar-refractivity contribution in [1.29, 1.82) is 0 Å². The molecule has 0 saturated heterocycles. The Morgan fingerprint density at radius 1 is 1.12 bits per heavy atom. The average molecular weight is 210 g/mol. The van der Waals surface area contributed by atoms with Gasteiger partial charge >= 0.3 is 0 Å². The third kappa shape index (κ3) is 1.31. The highest BCUT2D eigenvalue weighted by atomic mass is 15.3. The van der Waals surface area contributed by atoms with Gasteiger partial charge in [0.2, 0.25) is 0 Å². The second kappa shape index (κ2) is 3.65. The molecule has 1 aliphatic rings. The average Bonchev–Trinajstić information content (AvgIpc) is 2.33. The SMILES string of the molecule is CNNc1ccc2cccc3c2c1C=CC3. The molecule has 0 unspecified atom stereocenters. The lowest BCUT2D eigenvalue weighted by molar-refractivity contribution is 0.984. The molecule has 2 nitrogen and oxygen atoms in total. The van der Waals surface area contributed by atoms with Crippen LogP contribution in [0.25, 0.3) is 16.8 Å². The summed E-state index contributed by atoms with van der Waals surface area (Å²) < 4.78 is 0. The number of anilines is 1. The highest BCUT2D eigenvalue weighted by Gasteiger charge is 2.11. The van der Waals surface area contributed by atoms with E-state index in [9.17, 15) is 0 Å². The van der Waals surface area contributed by atoms with Crippen molar-refractivity contribution >= 4 is 22.5 Å². The van der Waals surface area contributed by atoms with Crippen molar-refractivity contribution in [1.82, 2.24) is 5.43 Å². The number of hydrazine groups is 1.